The molecular formula is C22H28N2O3SSi. The molecule has 1 amide bonds. The number of hydrogen-bond acceptors (Lipinski definition) is 3. The van der Waals surface area contributed by atoms with Crippen molar-refractivity contribution in [2.24, 2.45) is 5.73 Å². The lowest BCUT2D eigenvalue weighted by Crippen LogP contribution is -2.67. The molecule has 1 aliphatic rings. The smallest absolute Gasteiger partial charge is 0.407 e. The summed E-state index contributed by atoms with van der Waals surface area (Å²) in [5, 5.41) is 11.8. The van der Waals surface area contributed by atoms with Gasteiger partial charge in [0.05, 0.1) is 17.1 Å². The zero-order valence-corrected chi connectivity index (χ0v) is 18.9. The van der Waals surface area contributed by atoms with Gasteiger partial charge in [-0.3, -0.25) is 4.90 Å². The van der Waals surface area contributed by atoms with Gasteiger partial charge < -0.3 is 15.3 Å². The highest BCUT2D eigenvalue weighted by Gasteiger charge is 2.53. The van der Waals surface area contributed by atoms with Crippen LogP contribution in [0.3, 0.4) is 0 Å². The SMILES string of the molecule is CC(C)(C)[Si](OC1CC(C(N)=S)N(C(=O)O)C1)(c1ccccc1)c1ccccc1. The van der Waals surface area contributed by atoms with Gasteiger partial charge >= 0.3 is 6.09 Å². The molecule has 3 N–H and O–H groups in total. The predicted octanol–water partition coefficient (Wildman–Crippen LogP) is 2.97. The third-order valence-corrected chi connectivity index (χ3v) is 11.0. The first-order chi connectivity index (χ1) is 13.7. The van der Waals surface area contributed by atoms with Gasteiger partial charge in [0, 0.05) is 13.0 Å². The van der Waals surface area contributed by atoms with Crippen LogP contribution >= 0.6 is 12.2 Å². The Morgan fingerprint density at radius 2 is 1.59 bits per heavy atom. The van der Waals surface area contributed by atoms with Gasteiger partial charge in [-0.1, -0.05) is 93.7 Å². The summed E-state index contributed by atoms with van der Waals surface area (Å²) in [4.78, 5) is 13.2. The van der Waals surface area contributed by atoms with Crippen LogP contribution in [0.25, 0.3) is 0 Å². The van der Waals surface area contributed by atoms with E-state index in [2.05, 4.69) is 45.0 Å². The third kappa shape index (κ3) is 4.08. The fraction of sp³-hybridized carbons (Fsp3) is 0.364. The van der Waals surface area contributed by atoms with Crippen LogP contribution in [0.4, 0.5) is 4.79 Å². The van der Waals surface area contributed by atoms with E-state index in [9.17, 15) is 9.90 Å². The average molecular weight is 429 g/mol. The molecule has 0 saturated carbocycles. The monoisotopic (exact) mass is 428 g/mol. The Labute approximate surface area is 178 Å². The van der Waals surface area contributed by atoms with E-state index >= 15 is 0 Å². The van der Waals surface area contributed by atoms with E-state index in [4.69, 9.17) is 22.4 Å². The largest absolute Gasteiger partial charge is 0.465 e. The normalized spacial score (nSPS) is 19.9. The Hall–Kier alpha value is -2.22. The van der Waals surface area contributed by atoms with Crippen LogP contribution in [0.1, 0.15) is 27.2 Å². The van der Waals surface area contributed by atoms with Gasteiger partial charge in [0.2, 0.25) is 0 Å². The van der Waals surface area contributed by atoms with E-state index in [0.29, 0.717) is 6.42 Å². The number of hydrogen-bond donors (Lipinski definition) is 2. The second-order valence-corrected chi connectivity index (χ2v) is 13.2. The maximum absolute atomic E-state index is 11.7. The molecule has 0 aromatic heterocycles. The highest BCUT2D eigenvalue weighted by Crippen LogP contribution is 2.39. The molecule has 1 fully saturated rings. The van der Waals surface area contributed by atoms with Gasteiger partial charge in [0.1, 0.15) is 0 Å². The Morgan fingerprint density at radius 3 is 1.93 bits per heavy atom. The molecule has 0 bridgehead atoms. The van der Waals surface area contributed by atoms with Crippen molar-refractivity contribution < 1.29 is 14.3 Å². The molecule has 1 heterocycles. The molecule has 0 spiro atoms. The number of rotatable bonds is 5. The van der Waals surface area contributed by atoms with Crippen LogP contribution in [-0.4, -0.2) is 48.1 Å². The van der Waals surface area contributed by atoms with E-state index in [1.165, 1.54) is 15.3 Å². The average Bonchev–Trinajstić information content (AvgIpc) is 3.11. The minimum absolute atomic E-state index is 0.176. The van der Waals surface area contributed by atoms with Crippen molar-refractivity contribution in [1.29, 1.82) is 0 Å². The molecule has 2 aromatic rings. The molecule has 2 aromatic carbocycles. The van der Waals surface area contributed by atoms with Crippen LogP contribution in [0.5, 0.6) is 0 Å². The molecule has 1 saturated heterocycles. The van der Waals surface area contributed by atoms with Crippen LogP contribution in [0.2, 0.25) is 5.04 Å². The lowest BCUT2D eigenvalue weighted by molar-refractivity contribution is 0.139. The number of amides is 1. The number of benzene rings is 2. The predicted molar refractivity (Wildman–Crippen MR) is 122 cm³/mol. The first-order valence-corrected chi connectivity index (χ1v) is 12.1. The molecule has 2 unspecified atom stereocenters. The number of thiocarbonyl (C=S) groups is 1. The van der Waals surface area contributed by atoms with E-state index in [-0.39, 0.29) is 22.7 Å². The molecule has 154 valence electrons. The van der Waals surface area contributed by atoms with Gasteiger partial charge in [-0.05, 0) is 15.4 Å². The highest BCUT2D eigenvalue weighted by atomic mass is 32.1. The Bertz CT molecular complexity index is 809. The summed E-state index contributed by atoms with van der Waals surface area (Å²) >= 11 is 5.13. The fourth-order valence-corrected chi connectivity index (χ4v) is 9.21. The topological polar surface area (TPSA) is 75.8 Å². The summed E-state index contributed by atoms with van der Waals surface area (Å²) in [6.07, 6.45) is -0.813. The van der Waals surface area contributed by atoms with Gasteiger partial charge in [0.25, 0.3) is 8.32 Å². The summed E-state index contributed by atoms with van der Waals surface area (Å²) in [6, 6.07) is 20.1. The number of carboxylic acid groups (broad SMARTS) is 1. The van der Waals surface area contributed by atoms with Crippen LogP contribution in [-0.2, 0) is 4.43 Å². The Balaban J connectivity index is 2.10. The number of nitrogens with zero attached hydrogens (tertiary/aromatic N) is 1. The van der Waals surface area contributed by atoms with Gasteiger partial charge in [-0.15, -0.1) is 0 Å². The Morgan fingerprint density at radius 1 is 1.10 bits per heavy atom. The number of nitrogens with two attached hydrogens (primary N) is 1. The van der Waals surface area contributed by atoms with E-state index in [1.54, 1.807) is 0 Å². The molecule has 5 nitrogen and oxygen atoms in total. The Kier molecular flexibility index (Phi) is 6.12. The summed E-state index contributed by atoms with van der Waals surface area (Å²) in [5.74, 6) is 0. The van der Waals surface area contributed by atoms with Crippen molar-refractivity contribution in [2.75, 3.05) is 6.54 Å². The lowest BCUT2D eigenvalue weighted by Gasteiger charge is -2.44. The minimum Gasteiger partial charge on any atom is -0.465 e. The summed E-state index contributed by atoms with van der Waals surface area (Å²) < 4.78 is 7.02. The van der Waals surface area contributed by atoms with Crippen molar-refractivity contribution in [3.8, 4) is 0 Å². The maximum atomic E-state index is 11.7. The molecule has 2 atom stereocenters. The fourth-order valence-electron chi connectivity index (χ4n) is 4.31. The van der Waals surface area contributed by atoms with Crippen LogP contribution in [0, 0.1) is 0 Å². The summed E-state index contributed by atoms with van der Waals surface area (Å²) in [5.41, 5.74) is 5.84. The van der Waals surface area contributed by atoms with Crippen molar-refractivity contribution in [1.82, 2.24) is 4.90 Å². The van der Waals surface area contributed by atoms with Crippen molar-refractivity contribution in [3.63, 3.8) is 0 Å². The van der Waals surface area contributed by atoms with Crippen molar-refractivity contribution in [2.45, 2.75) is 44.4 Å². The second-order valence-electron chi connectivity index (χ2n) is 8.49. The molecule has 0 aliphatic carbocycles. The lowest BCUT2D eigenvalue weighted by atomic mass is 10.2. The zero-order valence-electron chi connectivity index (χ0n) is 17.0. The number of carbonyl (C=O) groups is 1. The molecule has 7 heteroatoms. The van der Waals surface area contributed by atoms with Crippen LogP contribution in [0.15, 0.2) is 60.7 Å². The summed E-state index contributed by atoms with van der Waals surface area (Å²) in [6.45, 7) is 6.87. The van der Waals surface area contributed by atoms with Gasteiger partial charge in [-0.2, -0.15) is 0 Å². The minimum atomic E-state index is -2.75. The third-order valence-electron chi connectivity index (χ3n) is 5.60. The maximum Gasteiger partial charge on any atom is 0.407 e. The zero-order chi connectivity index (χ0) is 21.2. The van der Waals surface area contributed by atoms with Gasteiger partial charge in [0.15, 0.2) is 0 Å². The number of likely N-dealkylation sites (tertiary alicyclic amines) is 1. The van der Waals surface area contributed by atoms with E-state index in [1.807, 2.05) is 36.4 Å². The second kappa shape index (κ2) is 8.26. The first-order valence-electron chi connectivity index (χ1n) is 9.74. The molecular weight excluding hydrogens is 400 g/mol. The quantitative estimate of drug-likeness (QED) is 0.566. The molecule has 29 heavy (non-hydrogen) atoms. The van der Waals surface area contributed by atoms with Crippen molar-refractivity contribution >= 4 is 42.0 Å². The summed E-state index contributed by atoms with van der Waals surface area (Å²) in [7, 11) is -2.75. The van der Waals surface area contributed by atoms with E-state index in [0.717, 1.165) is 0 Å². The molecule has 1 aliphatic heterocycles. The standard InChI is InChI=1S/C22H28N2O3SSi/c1-22(2,3)29(17-10-6-4-7-11-17,18-12-8-5-9-13-18)27-16-14-19(20(23)28)24(15-16)21(25)26/h4-13,16,19H,14-15H2,1-3H3,(H2,23,28)(H,25,26). The molecule has 3 rings (SSSR count). The highest BCUT2D eigenvalue weighted by molar-refractivity contribution is 7.80. The van der Waals surface area contributed by atoms with Crippen molar-refractivity contribution in [3.05, 3.63) is 60.7 Å². The van der Waals surface area contributed by atoms with Crippen LogP contribution < -0.4 is 16.1 Å². The van der Waals surface area contributed by atoms with E-state index < -0.39 is 20.5 Å². The first kappa shape index (κ1) is 21.5. The van der Waals surface area contributed by atoms with Gasteiger partial charge in [-0.25, -0.2) is 4.79 Å². The molecule has 0 radical (unpaired) electrons.